The van der Waals surface area contributed by atoms with Crippen LogP contribution in [-0.4, -0.2) is 38.7 Å². The number of nitrogen functional groups attached to an aromatic ring is 1. The molecule has 0 aliphatic heterocycles. The highest BCUT2D eigenvalue weighted by Gasteiger charge is 2.16. The maximum atomic E-state index is 6.07. The fraction of sp³-hybridized carbons (Fsp3) is 0.571. The van der Waals surface area contributed by atoms with E-state index in [4.69, 9.17) is 10.5 Å². The van der Waals surface area contributed by atoms with Gasteiger partial charge in [-0.25, -0.2) is 0 Å². The molecule has 0 bridgehead atoms. The predicted octanol–water partition coefficient (Wildman–Crippen LogP) is 2.28. The molecule has 1 atom stereocenters. The van der Waals surface area contributed by atoms with Crippen molar-refractivity contribution in [3.05, 3.63) is 18.2 Å². The Balaban J connectivity index is 2.87. The highest BCUT2D eigenvalue weighted by molar-refractivity contribution is 5.73. The van der Waals surface area contributed by atoms with E-state index in [0.717, 1.165) is 12.2 Å². The highest BCUT2D eigenvalue weighted by Crippen LogP contribution is 2.30. The van der Waals surface area contributed by atoms with E-state index in [1.165, 1.54) is 0 Å². The first-order valence-corrected chi connectivity index (χ1v) is 6.29. The van der Waals surface area contributed by atoms with E-state index in [2.05, 4.69) is 38.2 Å². The first-order valence-electron chi connectivity index (χ1n) is 6.29. The molecule has 0 radical (unpaired) electrons. The van der Waals surface area contributed by atoms with Crippen molar-refractivity contribution in [2.75, 3.05) is 38.8 Å². The Labute approximate surface area is 110 Å². The summed E-state index contributed by atoms with van der Waals surface area (Å²) < 4.78 is 5.23. The van der Waals surface area contributed by atoms with E-state index < -0.39 is 0 Å². The Morgan fingerprint density at radius 1 is 1.33 bits per heavy atom. The molecule has 0 saturated heterocycles. The van der Waals surface area contributed by atoms with Crippen LogP contribution in [-0.2, 0) is 0 Å². The fourth-order valence-electron chi connectivity index (χ4n) is 1.86. The second-order valence-electron chi connectivity index (χ2n) is 5.18. The summed E-state index contributed by atoms with van der Waals surface area (Å²) in [4.78, 5) is 2.17. The van der Waals surface area contributed by atoms with Crippen LogP contribution in [0.25, 0.3) is 0 Å². The van der Waals surface area contributed by atoms with Gasteiger partial charge in [-0.15, -0.1) is 0 Å². The number of rotatable bonds is 6. The summed E-state index contributed by atoms with van der Waals surface area (Å²) >= 11 is 0. The maximum absolute atomic E-state index is 6.07. The van der Waals surface area contributed by atoms with Gasteiger partial charge in [-0.05, 0) is 32.1 Å². The van der Waals surface area contributed by atoms with Crippen LogP contribution in [0.15, 0.2) is 18.2 Å². The SMILES string of the molecule is COc1cccc(NC(CN(C)C)C(C)C)c1N. The average molecular weight is 251 g/mol. The van der Waals surface area contributed by atoms with Gasteiger partial charge in [0.05, 0.1) is 18.5 Å². The maximum Gasteiger partial charge on any atom is 0.143 e. The molecule has 0 aliphatic carbocycles. The molecule has 3 N–H and O–H groups in total. The molecule has 1 rings (SSSR count). The van der Waals surface area contributed by atoms with Crippen LogP contribution in [0.1, 0.15) is 13.8 Å². The second kappa shape index (κ2) is 6.50. The molecule has 4 heteroatoms. The molecule has 0 aromatic heterocycles. The zero-order chi connectivity index (χ0) is 13.7. The van der Waals surface area contributed by atoms with Gasteiger partial charge in [-0.1, -0.05) is 19.9 Å². The summed E-state index contributed by atoms with van der Waals surface area (Å²) in [6.45, 7) is 5.38. The van der Waals surface area contributed by atoms with Crippen molar-refractivity contribution in [2.24, 2.45) is 5.92 Å². The highest BCUT2D eigenvalue weighted by atomic mass is 16.5. The summed E-state index contributed by atoms with van der Waals surface area (Å²) in [7, 11) is 5.78. The third-order valence-electron chi connectivity index (χ3n) is 2.99. The second-order valence-corrected chi connectivity index (χ2v) is 5.18. The number of hydrogen-bond acceptors (Lipinski definition) is 4. The summed E-state index contributed by atoms with van der Waals surface area (Å²) in [5, 5.41) is 3.51. The number of benzene rings is 1. The van der Waals surface area contributed by atoms with Crippen molar-refractivity contribution >= 4 is 11.4 Å². The Hall–Kier alpha value is -1.42. The van der Waals surface area contributed by atoms with Crippen LogP contribution >= 0.6 is 0 Å². The molecule has 0 amide bonds. The van der Waals surface area contributed by atoms with Crippen LogP contribution in [0.2, 0.25) is 0 Å². The molecule has 0 spiro atoms. The lowest BCUT2D eigenvalue weighted by atomic mass is 10.0. The molecule has 0 heterocycles. The number of nitrogens with two attached hydrogens (primary N) is 1. The predicted molar refractivity (Wildman–Crippen MR) is 78.2 cm³/mol. The summed E-state index contributed by atoms with van der Waals surface area (Å²) in [5.74, 6) is 1.24. The third kappa shape index (κ3) is 3.81. The molecule has 1 unspecified atom stereocenters. The van der Waals surface area contributed by atoms with E-state index >= 15 is 0 Å². The van der Waals surface area contributed by atoms with Crippen molar-refractivity contribution in [2.45, 2.75) is 19.9 Å². The van der Waals surface area contributed by atoms with Crippen molar-refractivity contribution in [3.63, 3.8) is 0 Å². The van der Waals surface area contributed by atoms with Gasteiger partial charge in [0.1, 0.15) is 5.75 Å². The van der Waals surface area contributed by atoms with E-state index in [0.29, 0.717) is 23.4 Å². The summed E-state index contributed by atoms with van der Waals surface area (Å²) in [6, 6.07) is 6.17. The number of ether oxygens (including phenoxy) is 1. The molecule has 102 valence electrons. The van der Waals surface area contributed by atoms with Crippen LogP contribution in [0.4, 0.5) is 11.4 Å². The van der Waals surface area contributed by atoms with Crippen molar-refractivity contribution < 1.29 is 4.74 Å². The molecule has 1 aromatic rings. The first-order chi connectivity index (χ1) is 8.45. The van der Waals surface area contributed by atoms with E-state index in [-0.39, 0.29) is 0 Å². The Morgan fingerprint density at radius 3 is 2.50 bits per heavy atom. The number of anilines is 2. The van der Waals surface area contributed by atoms with Gasteiger partial charge in [-0.2, -0.15) is 0 Å². The quantitative estimate of drug-likeness (QED) is 0.762. The molecule has 0 aliphatic rings. The third-order valence-corrected chi connectivity index (χ3v) is 2.99. The minimum Gasteiger partial charge on any atom is -0.495 e. The summed E-state index contributed by atoms with van der Waals surface area (Å²) in [6.07, 6.45) is 0. The van der Waals surface area contributed by atoms with Crippen molar-refractivity contribution in [3.8, 4) is 5.75 Å². The van der Waals surface area contributed by atoms with Crippen LogP contribution in [0.5, 0.6) is 5.75 Å². The standard InChI is InChI=1S/C14H25N3O/c1-10(2)12(9-17(3)4)16-11-7-6-8-13(18-5)14(11)15/h6-8,10,12,16H,9,15H2,1-5H3. The first kappa shape index (κ1) is 14.6. The Bertz CT molecular complexity index is 377. The molecule has 0 fully saturated rings. The smallest absolute Gasteiger partial charge is 0.143 e. The van der Waals surface area contributed by atoms with Gasteiger partial charge in [-0.3, -0.25) is 0 Å². The fourth-order valence-corrected chi connectivity index (χ4v) is 1.86. The normalized spacial score (nSPS) is 12.8. The largest absolute Gasteiger partial charge is 0.495 e. The molecule has 0 saturated carbocycles. The van der Waals surface area contributed by atoms with Gasteiger partial charge < -0.3 is 20.7 Å². The van der Waals surface area contributed by atoms with Crippen molar-refractivity contribution in [1.29, 1.82) is 0 Å². The Kier molecular flexibility index (Phi) is 5.28. The molecular weight excluding hydrogens is 226 g/mol. The van der Waals surface area contributed by atoms with Crippen LogP contribution < -0.4 is 15.8 Å². The van der Waals surface area contributed by atoms with Gasteiger partial charge in [0.2, 0.25) is 0 Å². The minimum absolute atomic E-state index is 0.356. The number of para-hydroxylation sites is 1. The molecule has 1 aromatic carbocycles. The topological polar surface area (TPSA) is 50.5 Å². The van der Waals surface area contributed by atoms with Crippen LogP contribution in [0.3, 0.4) is 0 Å². The van der Waals surface area contributed by atoms with Gasteiger partial charge in [0.25, 0.3) is 0 Å². The van der Waals surface area contributed by atoms with E-state index in [1.807, 2.05) is 18.2 Å². The average Bonchev–Trinajstić information content (AvgIpc) is 2.30. The van der Waals surface area contributed by atoms with Gasteiger partial charge in [0, 0.05) is 12.6 Å². The minimum atomic E-state index is 0.356. The molecule has 4 nitrogen and oxygen atoms in total. The van der Waals surface area contributed by atoms with Crippen molar-refractivity contribution in [1.82, 2.24) is 4.90 Å². The molecular formula is C14H25N3O. The zero-order valence-corrected chi connectivity index (χ0v) is 12.0. The van der Waals surface area contributed by atoms with E-state index in [1.54, 1.807) is 7.11 Å². The number of hydrogen-bond donors (Lipinski definition) is 2. The lowest BCUT2D eigenvalue weighted by Gasteiger charge is -2.27. The number of likely N-dealkylation sites (N-methyl/N-ethyl adjacent to an activating group) is 1. The molecule has 18 heavy (non-hydrogen) atoms. The lowest BCUT2D eigenvalue weighted by Crippen LogP contribution is -2.36. The lowest BCUT2D eigenvalue weighted by molar-refractivity contribution is 0.344. The summed E-state index contributed by atoms with van der Waals surface area (Å²) in [5.41, 5.74) is 7.68. The Morgan fingerprint density at radius 2 is 2.00 bits per heavy atom. The van der Waals surface area contributed by atoms with E-state index in [9.17, 15) is 0 Å². The zero-order valence-electron chi connectivity index (χ0n) is 12.0. The number of nitrogens with one attached hydrogen (secondary N) is 1. The van der Waals surface area contributed by atoms with Crippen LogP contribution in [0, 0.1) is 5.92 Å². The van der Waals surface area contributed by atoms with Gasteiger partial charge >= 0.3 is 0 Å². The van der Waals surface area contributed by atoms with Gasteiger partial charge in [0.15, 0.2) is 0 Å². The number of methoxy groups -OCH3 is 1. The monoisotopic (exact) mass is 251 g/mol. The number of nitrogens with zero attached hydrogens (tertiary/aromatic N) is 1.